The zero-order valence-corrected chi connectivity index (χ0v) is 19.0. The number of amides is 2. The minimum Gasteiger partial charge on any atom is -0.345 e. The number of H-pyrrole nitrogens is 1. The lowest BCUT2D eigenvalue weighted by atomic mass is 10.0. The van der Waals surface area contributed by atoms with Crippen LogP contribution in [-0.2, 0) is 6.18 Å². The molecule has 3 heterocycles. The Hall–Kier alpha value is -4.99. The van der Waals surface area contributed by atoms with Crippen LogP contribution in [0.3, 0.4) is 0 Å². The minimum atomic E-state index is -4.46. The number of hydrogen-bond donors (Lipinski definition) is 3. The molecule has 37 heavy (non-hydrogen) atoms. The number of benzene rings is 2. The molecule has 0 aliphatic heterocycles. The largest absolute Gasteiger partial charge is 0.416 e. The summed E-state index contributed by atoms with van der Waals surface area (Å²) < 4.78 is 38.2. The van der Waals surface area contributed by atoms with E-state index in [2.05, 4.69) is 25.6 Å². The van der Waals surface area contributed by atoms with Gasteiger partial charge in [0.25, 0.3) is 0 Å². The molecular weight excluding hydrogens is 483 g/mol. The fourth-order valence-electron chi connectivity index (χ4n) is 3.81. The number of urea groups is 1. The number of alkyl halides is 3. The van der Waals surface area contributed by atoms with Crippen molar-refractivity contribution in [1.29, 1.82) is 0 Å². The summed E-state index contributed by atoms with van der Waals surface area (Å²) in [6.45, 7) is 0. The molecule has 0 saturated carbocycles. The summed E-state index contributed by atoms with van der Waals surface area (Å²) in [5.41, 5.74) is 2.69. The number of nitrogens with zero attached hydrogens (tertiary/aromatic N) is 2. The summed E-state index contributed by atoms with van der Waals surface area (Å²) in [6.07, 6.45) is 2.21. The Labute approximate surface area is 208 Å². The molecule has 0 radical (unpaired) electrons. The van der Waals surface area contributed by atoms with Gasteiger partial charge in [-0.15, -0.1) is 0 Å². The Morgan fingerprint density at radius 1 is 0.838 bits per heavy atom. The average molecular weight is 501 g/mol. The molecular formula is C27H18F3N5O2. The first-order valence-electron chi connectivity index (χ1n) is 11.1. The van der Waals surface area contributed by atoms with E-state index in [4.69, 9.17) is 0 Å². The molecule has 2 amide bonds. The van der Waals surface area contributed by atoms with Gasteiger partial charge in [0.05, 0.1) is 5.56 Å². The van der Waals surface area contributed by atoms with Gasteiger partial charge in [0.1, 0.15) is 5.65 Å². The van der Waals surface area contributed by atoms with Crippen molar-refractivity contribution in [3.8, 4) is 11.1 Å². The number of nitrogens with one attached hydrogen (secondary N) is 3. The van der Waals surface area contributed by atoms with E-state index in [1.807, 2.05) is 18.2 Å². The van der Waals surface area contributed by atoms with Crippen molar-refractivity contribution in [1.82, 2.24) is 15.0 Å². The Morgan fingerprint density at radius 3 is 2.35 bits per heavy atom. The van der Waals surface area contributed by atoms with Crippen LogP contribution in [0.1, 0.15) is 21.5 Å². The van der Waals surface area contributed by atoms with Gasteiger partial charge in [-0.3, -0.25) is 9.78 Å². The Morgan fingerprint density at radius 2 is 1.62 bits per heavy atom. The van der Waals surface area contributed by atoms with E-state index in [1.54, 1.807) is 43.0 Å². The maximum atomic E-state index is 13.3. The predicted molar refractivity (Wildman–Crippen MR) is 133 cm³/mol. The van der Waals surface area contributed by atoms with E-state index in [9.17, 15) is 22.8 Å². The molecule has 0 aliphatic carbocycles. The molecule has 0 fully saturated rings. The molecule has 2 aromatic carbocycles. The number of aromatic amines is 1. The second-order valence-electron chi connectivity index (χ2n) is 8.13. The van der Waals surface area contributed by atoms with Crippen molar-refractivity contribution in [2.24, 2.45) is 0 Å². The molecule has 3 N–H and O–H groups in total. The zero-order chi connectivity index (χ0) is 26.0. The topological polar surface area (TPSA) is 99.8 Å². The molecule has 0 unspecified atom stereocenters. The Kier molecular flexibility index (Phi) is 6.14. The van der Waals surface area contributed by atoms with Crippen molar-refractivity contribution in [2.45, 2.75) is 6.18 Å². The molecule has 7 nitrogen and oxygen atoms in total. The molecule has 3 aromatic heterocycles. The normalized spacial score (nSPS) is 11.3. The highest BCUT2D eigenvalue weighted by molar-refractivity contribution is 6.16. The first kappa shape index (κ1) is 23.7. The quantitative estimate of drug-likeness (QED) is 0.239. The van der Waals surface area contributed by atoms with Gasteiger partial charge in [-0.2, -0.15) is 13.2 Å². The molecule has 0 bridgehead atoms. The maximum absolute atomic E-state index is 13.3. The summed E-state index contributed by atoms with van der Waals surface area (Å²) >= 11 is 0. The van der Waals surface area contributed by atoms with Gasteiger partial charge in [-0.05, 0) is 48.5 Å². The van der Waals surface area contributed by atoms with Crippen molar-refractivity contribution in [3.63, 3.8) is 0 Å². The molecule has 184 valence electrons. The van der Waals surface area contributed by atoms with E-state index in [0.29, 0.717) is 27.8 Å². The molecule has 10 heteroatoms. The zero-order valence-electron chi connectivity index (χ0n) is 19.0. The van der Waals surface area contributed by atoms with Crippen LogP contribution in [-0.4, -0.2) is 26.8 Å². The van der Waals surface area contributed by atoms with Gasteiger partial charge in [-0.1, -0.05) is 18.2 Å². The Balaban J connectivity index is 1.33. The number of ketones is 1. The van der Waals surface area contributed by atoms with E-state index < -0.39 is 17.8 Å². The van der Waals surface area contributed by atoms with Crippen LogP contribution < -0.4 is 10.6 Å². The van der Waals surface area contributed by atoms with Gasteiger partial charge in [0.15, 0.2) is 5.78 Å². The Bertz CT molecular complexity index is 1600. The third kappa shape index (κ3) is 5.18. The highest BCUT2D eigenvalue weighted by atomic mass is 19.4. The van der Waals surface area contributed by atoms with Crippen LogP contribution in [0.4, 0.5) is 29.3 Å². The average Bonchev–Trinajstić information content (AvgIpc) is 3.32. The maximum Gasteiger partial charge on any atom is 0.416 e. The van der Waals surface area contributed by atoms with Gasteiger partial charge in [-0.25, -0.2) is 9.78 Å². The fourth-order valence-corrected chi connectivity index (χ4v) is 3.81. The number of rotatable bonds is 5. The molecule has 0 aliphatic rings. The van der Waals surface area contributed by atoms with Gasteiger partial charge < -0.3 is 15.6 Å². The van der Waals surface area contributed by atoms with Crippen LogP contribution in [0, 0.1) is 0 Å². The highest BCUT2D eigenvalue weighted by Crippen LogP contribution is 2.30. The number of aromatic nitrogens is 3. The number of carbonyl (C=O) groups is 2. The molecule has 0 atom stereocenters. The van der Waals surface area contributed by atoms with Crippen LogP contribution in [0.5, 0.6) is 0 Å². The number of halogens is 3. The first-order chi connectivity index (χ1) is 17.8. The lowest BCUT2D eigenvalue weighted by Gasteiger charge is -2.10. The van der Waals surface area contributed by atoms with E-state index in [1.165, 1.54) is 6.07 Å². The van der Waals surface area contributed by atoms with Crippen molar-refractivity contribution < 1.29 is 22.8 Å². The van der Waals surface area contributed by atoms with E-state index in [-0.39, 0.29) is 11.5 Å². The van der Waals surface area contributed by atoms with Crippen LogP contribution in [0.2, 0.25) is 0 Å². The summed E-state index contributed by atoms with van der Waals surface area (Å²) in [7, 11) is 0. The lowest BCUT2D eigenvalue weighted by Crippen LogP contribution is -2.19. The summed E-state index contributed by atoms with van der Waals surface area (Å²) in [5, 5.41) is 5.71. The monoisotopic (exact) mass is 501 g/mol. The summed E-state index contributed by atoms with van der Waals surface area (Å²) in [5.74, 6) is -0.275. The molecule has 5 rings (SSSR count). The third-order valence-corrected chi connectivity index (χ3v) is 5.62. The number of pyridine rings is 2. The number of carbonyl (C=O) groups excluding carboxylic acids is 2. The van der Waals surface area contributed by atoms with Crippen LogP contribution >= 0.6 is 0 Å². The minimum absolute atomic E-state index is 0.188. The van der Waals surface area contributed by atoms with Gasteiger partial charge >= 0.3 is 12.2 Å². The van der Waals surface area contributed by atoms with Crippen LogP contribution in [0.15, 0.2) is 91.5 Å². The fraction of sp³-hybridized carbons (Fsp3) is 0.0370. The highest BCUT2D eigenvalue weighted by Gasteiger charge is 2.30. The molecule has 0 saturated heterocycles. The smallest absolute Gasteiger partial charge is 0.345 e. The second kappa shape index (κ2) is 9.57. The van der Waals surface area contributed by atoms with E-state index in [0.717, 1.165) is 35.4 Å². The van der Waals surface area contributed by atoms with Gasteiger partial charge in [0, 0.05) is 63.8 Å². The number of fused-ring (bicyclic) bond motifs is 1. The van der Waals surface area contributed by atoms with Crippen molar-refractivity contribution in [2.75, 3.05) is 10.6 Å². The summed E-state index contributed by atoms with van der Waals surface area (Å²) in [6, 6.07) is 15.4. The number of anilines is 2. The lowest BCUT2D eigenvalue weighted by molar-refractivity contribution is -0.137. The van der Waals surface area contributed by atoms with Gasteiger partial charge in [0.2, 0.25) is 0 Å². The first-order valence-corrected chi connectivity index (χ1v) is 11.1. The van der Waals surface area contributed by atoms with Crippen LogP contribution in [0.25, 0.3) is 22.2 Å². The summed E-state index contributed by atoms with van der Waals surface area (Å²) in [4.78, 5) is 37.2. The van der Waals surface area contributed by atoms with Crippen molar-refractivity contribution >= 4 is 34.2 Å². The standard InChI is InChI=1S/C27H18F3N5O2/c28-27(29,30)19-6-8-20(9-7-19)34-26(37)35-21-5-1-3-16(11-21)24(36)23-15-33-25-22(23)12-18(14-32-25)17-4-2-10-31-13-17/h1-15H,(H,32,33)(H2,34,35,37). The van der Waals surface area contributed by atoms with E-state index >= 15 is 0 Å². The molecule has 0 spiro atoms. The third-order valence-electron chi connectivity index (χ3n) is 5.62. The molecule has 5 aromatic rings. The van der Waals surface area contributed by atoms with Crippen molar-refractivity contribution in [3.05, 3.63) is 108 Å². The second-order valence-corrected chi connectivity index (χ2v) is 8.13. The number of hydrogen-bond acceptors (Lipinski definition) is 4. The SMILES string of the molecule is O=C(Nc1ccc(C(F)(F)F)cc1)Nc1cccc(C(=O)c2c[nH]c3ncc(-c4cccnc4)cc23)c1. The predicted octanol–water partition coefficient (Wildman–Crippen LogP) is 6.52.